The van der Waals surface area contributed by atoms with Crippen molar-refractivity contribution in [2.75, 3.05) is 33.4 Å². The molecule has 1 aliphatic heterocycles. The van der Waals surface area contributed by atoms with E-state index in [1.54, 1.807) is 11.3 Å². The topological polar surface area (TPSA) is 49.8 Å². The number of nitrogens with one attached hydrogen (secondary N) is 1. The van der Waals surface area contributed by atoms with E-state index in [1.165, 1.54) is 10.4 Å². The first-order chi connectivity index (χ1) is 12.7. The highest BCUT2D eigenvalue weighted by atomic mass is 32.1. The summed E-state index contributed by atoms with van der Waals surface area (Å²) < 4.78 is 5.49. The van der Waals surface area contributed by atoms with Crippen molar-refractivity contribution in [3.63, 3.8) is 0 Å². The van der Waals surface area contributed by atoms with Gasteiger partial charge in [0.1, 0.15) is 5.01 Å². The Bertz CT molecular complexity index is 723. The molecule has 1 saturated heterocycles. The van der Waals surface area contributed by atoms with Gasteiger partial charge in [0.05, 0.1) is 18.8 Å². The van der Waals surface area contributed by atoms with Gasteiger partial charge in [-0.1, -0.05) is 30.3 Å². The molecule has 26 heavy (non-hydrogen) atoms. The van der Waals surface area contributed by atoms with Crippen LogP contribution in [0.15, 0.2) is 35.3 Å². The maximum absolute atomic E-state index is 5.49. The highest BCUT2D eigenvalue weighted by Gasteiger charge is 2.19. The SMILES string of the molecule is CCNC(=NCc1sc(-c2ccccc2)nc1C)N(C)CC1CCOC1. The molecule has 2 aromatic rings. The smallest absolute Gasteiger partial charge is 0.194 e. The zero-order valence-electron chi connectivity index (χ0n) is 15.9. The summed E-state index contributed by atoms with van der Waals surface area (Å²) in [5.41, 5.74) is 2.24. The fraction of sp³-hybridized carbons (Fsp3) is 0.500. The maximum atomic E-state index is 5.49. The van der Waals surface area contributed by atoms with Crippen molar-refractivity contribution in [2.24, 2.45) is 10.9 Å². The molecule has 2 heterocycles. The van der Waals surface area contributed by atoms with Crippen LogP contribution in [0.3, 0.4) is 0 Å². The van der Waals surface area contributed by atoms with Crippen LogP contribution in [-0.2, 0) is 11.3 Å². The van der Waals surface area contributed by atoms with Gasteiger partial charge in [-0.05, 0) is 20.3 Å². The number of aromatic nitrogens is 1. The van der Waals surface area contributed by atoms with Crippen LogP contribution < -0.4 is 5.32 Å². The molecule has 1 fully saturated rings. The van der Waals surface area contributed by atoms with E-state index < -0.39 is 0 Å². The summed E-state index contributed by atoms with van der Waals surface area (Å²) in [6.45, 7) is 8.41. The number of aryl methyl sites for hydroxylation is 1. The van der Waals surface area contributed by atoms with Crippen LogP contribution in [0.4, 0.5) is 0 Å². The van der Waals surface area contributed by atoms with Crippen molar-refractivity contribution in [2.45, 2.75) is 26.8 Å². The number of thiazole rings is 1. The Hall–Kier alpha value is -1.92. The zero-order valence-corrected chi connectivity index (χ0v) is 16.7. The van der Waals surface area contributed by atoms with Gasteiger partial charge < -0.3 is 15.0 Å². The van der Waals surface area contributed by atoms with Crippen LogP contribution in [0.2, 0.25) is 0 Å². The van der Waals surface area contributed by atoms with Crippen LogP contribution >= 0.6 is 11.3 Å². The number of guanidine groups is 1. The van der Waals surface area contributed by atoms with E-state index in [1.807, 2.05) is 6.07 Å². The van der Waals surface area contributed by atoms with Crippen LogP contribution in [0, 0.1) is 12.8 Å². The Morgan fingerprint density at radius 2 is 2.19 bits per heavy atom. The molecule has 140 valence electrons. The summed E-state index contributed by atoms with van der Waals surface area (Å²) in [6, 6.07) is 10.3. The van der Waals surface area contributed by atoms with E-state index in [0.717, 1.165) is 49.4 Å². The standard InChI is InChI=1S/C20H28N4OS/c1-4-21-20(24(3)13-16-10-11-25-14-16)22-12-18-15(2)23-19(26-18)17-8-6-5-7-9-17/h5-9,16H,4,10-14H2,1-3H3,(H,21,22). The number of hydrogen-bond acceptors (Lipinski definition) is 4. The molecule has 1 aromatic carbocycles. The number of rotatable bonds is 6. The highest BCUT2D eigenvalue weighted by molar-refractivity contribution is 7.15. The van der Waals surface area contributed by atoms with Gasteiger partial charge in [0, 0.05) is 43.1 Å². The minimum Gasteiger partial charge on any atom is -0.381 e. The van der Waals surface area contributed by atoms with Crippen LogP contribution in [0.1, 0.15) is 23.9 Å². The van der Waals surface area contributed by atoms with E-state index >= 15 is 0 Å². The van der Waals surface area contributed by atoms with Crippen LogP contribution in [0.25, 0.3) is 10.6 Å². The van der Waals surface area contributed by atoms with Crippen LogP contribution in [-0.4, -0.2) is 49.2 Å². The molecule has 6 heteroatoms. The number of aliphatic imine (C=N–C) groups is 1. The molecule has 0 saturated carbocycles. The van der Waals surface area contributed by atoms with Crippen molar-refractivity contribution in [1.82, 2.24) is 15.2 Å². The van der Waals surface area contributed by atoms with E-state index in [-0.39, 0.29) is 0 Å². The van der Waals surface area contributed by atoms with Gasteiger partial charge in [0.15, 0.2) is 5.96 Å². The molecule has 0 amide bonds. The number of ether oxygens (including phenoxy) is 1. The molecule has 0 spiro atoms. The molecule has 0 aliphatic carbocycles. The third-order valence-corrected chi connectivity index (χ3v) is 5.73. The molecule has 3 rings (SSSR count). The Kier molecular flexibility index (Phi) is 6.63. The second kappa shape index (κ2) is 9.14. The van der Waals surface area contributed by atoms with E-state index in [0.29, 0.717) is 12.5 Å². The molecule has 5 nitrogen and oxygen atoms in total. The second-order valence-electron chi connectivity index (χ2n) is 6.67. The summed E-state index contributed by atoms with van der Waals surface area (Å²) in [6.07, 6.45) is 1.14. The molecule has 1 N–H and O–H groups in total. The predicted octanol–water partition coefficient (Wildman–Crippen LogP) is 3.55. The summed E-state index contributed by atoms with van der Waals surface area (Å²) >= 11 is 1.73. The number of nitrogens with zero attached hydrogens (tertiary/aromatic N) is 3. The molecule has 0 radical (unpaired) electrons. The lowest BCUT2D eigenvalue weighted by Gasteiger charge is -2.24. The Labute approximate surface area is 160 Å². The van der Waals surface area contributed by atoms with Gasteiger partial charge in [-0.15, -0.1) is 11.3 Å². The van der Waals surface area contributed by atoms with Gasteiger partial charge in [0.2, 0.25) is 0 Å². The third kappa shape index (κ3) is 4.83. The van der Waals surface area contributed by atoms with Gasteiger partial charge in [-0.2, -0.15) is 0 Å². The minimum absolute atomic E-state index is 0.596. The first-order valence-corrected chi connectivity index (χ1v) is 10.1. The van der Waals surface area contributed by atoms with Gasteiger partial charge in [-0.3, -0.25) is 0 Å². The third-order valence-electron chi connectivity index (χ3n) is 4.54. The summed E-state index contributed by atoms with van der Waals surface area (Å²) in [7, 11) is 2.11. The van der Waals surface area contributed by atoms with Crippen LogP contribution in [0.5, 0.6) is 0 Å². The lowest BCUT2D eigenvalue weighted by atomic mass is 10.1. The minimum atomic E-state index is 0.596. The first kappa shape index (κ1) is 18.9. The lowest BCUT2D eigenvalue weighted by Crippen LogP contribution is -2.41. The quantitative estimate of drug-likeness (QED) is 0.622. The summed E-state index contributed by atoms with van der Waals surface area (Å²) in [5, 5.41) is 4.47. The summed E-state index contributed by atoms with van der Waals surface area (Å²) in [4.78, 5) is 13.0. The largest absolute Gasteiger partial charge is 0.381 e. The Morgan fingerprint density at radius 3 is 2.88 bits per heavy atom. The van der Waals surface area contributed by atoms with E-state index in [4.69, 9.17) is 14.7 Å². The number of hydrogen-bond donors (Lipinski definition) is 1. The molecular formula is C20H28N4OS. The lowest BCUT2D eigenvalue weighted by molar-refractivity contribution is 0.181. The molecule has 1 aromatic heterocycles. The van der Waals surface area contributed by atoms with E-state index in [9.17, 15) is 0 Å². The number of benzene rings is 1. The van der Waals surface area contributed by atoms with Gasteiger partial charge >= 0.3 is 0 Å². The molecule has 1 aliphatic rings. The molecular weight excluding hydrogens is 344 g/mol. The Balaban J connectivity index is 1.70. The van der Waals surface area contributed by atoms with E-state index in [2.05, 4.69) is 55.4 Å². The maximum Gasteiger partial charge on any atom is 0.194 e. The van der Waals surface area contributed by atoms with Crippen molar-refractivity contribution in [3.8, 4) is 10.6 Å². The van der Waals surface area contributed by atoms with Crippen molar-refractivity contribution in [1.29, 1.82) is 0 Å². The highest BCUT2D eigenvalue weighted by Crippen LogP contribution is 2.28. The second-order valence-corrected chi connectivity index (χ2v) is 7.76. The molecule has 1 unspecified atom stereocenters. The first-order valence-electron chi connectivity index (χ1n) is 9.26. The summed E-state index contributed by atoms with van der Waals surface area (Å²) in [5.74, 6) is 1.55. The fourth-order valence-electron chi connectivity index (χ4n) is 3.10. The molecule has 0 bridgehead atoms. The van der Waals surface area contributed by atoms with Gasteiger partial charge in [0.25, 0.3) is 0 Å². The van der Waals surface area contributed by atoms with Gasteiger partial charge in [-0.25, -0.2) is 9.98 Å². The average Bonchev–Trinajstić information content (AvgIpc) is 3.29. The normalized spacial score (nSPS) is 17.5. The Morgan fingerprint density at radius 1 is 1.38 bits per heavy atom. The van der Waals surface area contributed by atoms with Crippen molar-refractivity contribution >= 4 is 17.3 Å². The van der Waals surface area contributed by atoms with Crippen molar-refractivity contribution in [3.05, 3.63) is 40.9 Å². The average molecular weight is 373 g/mol. The predicted molar refractivity (Wildman–Crippen MR) is 109 cm³/mol. The van der Waals surface area contributed by atoms with Crippen molar-refractivity contribution < 1.29 is 4.74 Å². The fourth-order valence-corrected chi connectivity index (χ4v) is 4.09. The zero-order chi connectivity index (χ0) is 18.4. The molecule has 1 atom stereocenters. The monoisotopic (exact) mass is 372 g/mol.